The zero-order valence-corrected chi connectivity index (χ0v) is 13.3. The summed E-state index contributed by atoms with van der Waals surface area (Å²) >= 11 is 0. The smallest absolute Gasteiger partial charge is 0.154 e. The summed E-state index contributed by atoms with van der Waals surface area (Å²) in [5.74, 6) is 1.02. The first-order valence-corrected chi connectivity index (χ1v) is 8.41. The van der Waals surface area contributed by atoms with Gasteiger partial charge in [-0.15, -0.1) is 0 Å². The van der Waals surface area contributed by atoms with E-state index in [1.54, 1.807) is 13.8 Å². The van der Waals surface area contributed by atoms with Gasteiger partial charge in [0.2, 0.25) is 0 Å². The Hall–Kier alpha value is -0.880. The lowest BCUT2D eigenvalue weighted by Crippen LogP contribution is -2.26. The van der Waals surface area contributed by atoms with E-state index in [4.69, 9.17) is 0 Å². The molecule has 0 aliphatic rings. The van der Waals surface area contributed by atoms with Crippen LogP contribution in [-0.2, 0) is 22.9 Å². The number of hydrogen-bond donors (Lipinski definition) is 1. The Morgan fingerprint density at radius 1 is 1.32 bits per heavy atom. The maximum absolute atomic E-state index is 11.9. The minimum Gasteiger partial charge on any atom is -0.330 e. The maximum Gasteiger partial charge on any atom is 0.154 e. The summed E-state index contributed by atoms with van der Waals surface area (Å²) in [6, 6.07) is 0.392. The van der Waals surface area contributed by atoms with Crippen molar-refractivity contribution in [1.82, 2.24) is 14.9 Å². The predicted molar refractivity (Wildman–Crippen MR) is 77.9 cm³/mol. The number of aromatic nitrogens is 2. The Morgan fingerprint density at radius 3 is 2.47 bits per heavy atom. The van der Waals surface area contributed by atoms with Crippen molar-refractivity contribution in [3.8, 4) is 0 Å². The van der Waals surface area contributed by atoms with Crippen LogP contribution in [0.5, 0.6) is 0 Å². The molecule has 1 aromatic heterocycles. The number of nitrogens with zero attached hydrogens (tertiary/aromatic N) is 2. The molecule has 5 nitrogen and oxygen atoms in total. The third-order valence-electron chi connectivity index (χ3n) is 3.15. The summed E-state index contributed by atoms with van der Waals surface area (Å²) in [7, 11) is -3.01. The van der Waals surface area contributed by atoms with Crippen molar-refractivity contribution in [2.24, 2.45) is 0 Å². The molecule has 0 fully saturated rings. The number of imidazole rings is 1. The van der Waals surface area contributed by atoms with E-state index < -0.39 is 9.84 Å². The first-order chi connectivity index (χ1) is 8.74. The molecule has 1 heterocycles. The van der Waals surface area contributed by atoms with Gasteiger partial charge in [-0.2, -0.15) is 0 Å². The van der Waals surface area contributed by atoms with Crippen molar-refractivity contribution in [3.63, 3.8) is 0 Å². The van der Waals surface area contributed by atoms with Crippen LogP contribution >= 0.6 is 0 Å². The third-order valence-corrected chi connectivity index (χ3v) is 5.33. The van der Waals surface area contributed by atoms with Gasteiger partial charge in [0.25, 0.3) is 0 Å². The van der Waals surface area contributed by atoms with Crippen LogP contribution in [0.25, 0.3) is 0 Å². The van der Waals surface area contributed by atoms with E-state index in [-0.39, 0.29) is 11.0 Å². The molecule has 0 bridgehead atoms. The molecule has 0 aliphatic heterocycles. The number of sulfone groups is 1. The molecule has 0 saturated carbocycles. The molecule has 0 spiro atoms. The topological polar surface area (TPSA) is 64.0 Å². The highest BCUT2D eigenvalue weighted by Gasteiger charge is 2.17. The predicted octanol–water partition coefficient (Wildman–Crippen LogP) is 1.51. The van der Waals surface area contributed by atoms with Crippen LogP contribution in [0.3, 0.4) is 0 Å². The van der Waals surface area contributed by atoms with Gasteiger partial charge in [0.05, 0.1) is 16.7 Å². The zero-order chi connectivity index (χ0) is 14.6. The highest BCUT2D eigenvalue weighted by molar-refractivity contribution is 7.91. The lowest BCUT2D eigenvalue weighted by molar-refractivity contribution is 0.551. The summed E-state index contributed by atoms with van der Waals surface area (Å²) in [4.78, 5) is 4.27. The minimum atomic E-state index is -3.01. The van der Waals surface area contributed by atoms with Crippen molar-refractivity contribution in [3.05, 3.63) is 17.7 Å². The van der Waals surface area contributed by atoms with Gasteiger partial charge in [-0.3, -0.25) is 0 Å². The SMILES string of the molecule is Cc1ncc(CNC(C)C)n1CCS(=O)(=O)C(C)C. The standard InChI is InChI=1S/C13H25N3O2S/c1-10(2)14-8-13-9-15-12(5)16(13)6-7-19(17,18)11(3)4/h9-11,14H,6-8H2,1-5H3. The number of rotatable bonds is 7. The fourth-order valence-electron chi connectivity index (χ4n) is 1.72. The van der Waals surface area contributed by atoms with Crippen LogP contribution in [0.2, 0.25) is 0 Å². The largest absolute Gasteiger partial charge is 0.330 e. The molecule has 110 valence electrons. The van der Waals surface area contributed by atoms with E-state index in [0.29, 0.717) is 19.1 Å². The molecule has 0 aromatic carbocycles. The second kappa shape index (κ2) is 6.52. The van der Waals surface area contributed by atoms with Crippen LogP contribution in [-0.4, -0.2) is 35.0 Å². The Balaban J connectivity index is 2.75. The molecule has 1 N–H and O–H groups in total. The molecule has 6 heteroatoms. The summed E-state index contributed by atoms with van der Waals surface area (Å²) in [5, 5.41) is 3.00. The van der Waals surface area contributed by atoms with Crippen LogP contribution < -0.4 is 5.32 Å². The van der Waals surface area contributed by atoms with Gasteiger partial charge in [-0.1, -0.05) is 13.8 Å². The number of nitrogens with one attached hydrogen (secondary N) is 1. The molecule has 1 aromatic rings. The van der Waals surface area contributed by atoms with Crippen molar-refractivity contribution in [2.75, 3.05) is 5.75 Å². The van der Waals surface area contributed by atoms with Crippen molar-refractivity contribution in [2.45, 2.75) is 59.0 Å². The van der Waals surface area contributed by atoms with Crippen LogP contribution in [0, 0.1) is 6.92 Å². The van der Waals surface area contributed by atoms with E-state index in [0.717, 1.165) is 11.5 Å². The molecule has 0 radical (unpaired) electrons. The summed E-state index contributed by atoms with van der Waals surface area (Å²) < 4.78 is 25.7. The molecular formula is C13H25N3O2S. The Bertz CT molecular complexity index is 504. The number of aryl methyl sites for hydroxylation is 1. The highest BCUT2D eigenvalue weighted by atomic mass is 32.2. The van der Waals surface area contributed by atoms with Gasteiger partial charge in [0, 0.05) is 25.3 Å². The lowest BCUT2D eigenvalue weighted by atomic mass is 10.3. The van der Waals surface area contributed by atoms with Crippen molar-refractivity contribution >= 4 is 9.84 Å². The highest BCUT2D eigenvalue weighted by Crippen LogP contribution is 2.08. The molecule has 0 amide bonds. The normalized spacial score (nSPS) is 12.6. The van der Waals surface area contributed by atoms with Crippen LogP contribution in [0.15, 0.2) is 6.20 Å². The van der Waals surface area contributed by atoms with Crippen molar-refractivity contribution in [1.29, 1.82) is 0 Å². The molecule has 0 atom stereocenters. The molecule has 1 rings (SSSR count). The fraction of sp³-hybridized carbons (Fsp3) is 0.769. The lowest BCUT2D eigenvalue weighted by Gasteiger charge is -2.14. The van der Waals surface area contributed by atoms with Gasteiger partial charge >= 0.3 is 0 Å². The van der Waals surface area contributed by atoms with E-state index in [2.05, 4.69) is 24.1 Å². The van der Waals surface area contributed by atoms with E-state index in [1.165, 1.54) is 0 Å². The minimum absolute atomic E-state index is 0.163. The summed E-state index contributed by atoms with van der Waals surface area (Å²) in [5.41, 5.74) is 1.03. The van der Waals surface area contributed by atoms with Gasteiger partial charge in [0.15, 0.2) is 9.84 Å². The first kappa shape index (κ1) is 16.2. The second-order valence-corrected chi connectivity index (χ2v) is 8.08. The molecule has 0 unspecified atom stereocenters. The van der Waals surface area contributed by atoms with E-state index in [1.807, 2.05) is 17.7 Å². The van der Waals surface area contributed by atoms with Crippen LogP contribution in [0.1, 0.15) is 39.2 Å². The molecular weight excluding hydrogens is 262 g/mol. The summed E-state index contributed by atoms with van der Waals surface area (Å²) in [6.45, 7) is 10.7. The fourth-order valence-corrected chi connectivity index (χ4v) is 2.63. The van der Waals surface area contributed by atoms with Gasteiger partial charge in [-0.05, 0) is 20.8 Å². The number of hydrogen-bond acceptors (Lipinski definition) is 4. The van der Waals surface area contributed by atoms with E-state index >= 15 is 0 Å². The molecule has 0 aliphatic carbocycles. The van der Waals surface area contributed by atoms with Crippen molar-refractivity contribution < 1.29 is 8.42 Å². The average Bonchev–Trinajstić information content (AvgIpc) is 2.64. The average molecular weight is 287 g/mol. The molecule has 19 heavy (non-hydrogen) atoms. The monoisotopic (exact) mass is 287 g/mol. The van der Waals surface area contributed by atoms with Gasteiger partial charge in [-0.25, -0.2) is 13.4 Å². The Morgan fingerprint density at radius 2 is 1.95 bits per heavy atom. The maximum atomic E-state index is 11.9. The van der Waals surface area contributed by atoms with E-state index in [9.17, 15) is 8.42 Å². The van der Waals surface area contributed by atoms with Gasteiger partial charge < -0.3 is 9.88 Å². The summed E-state index contributed by atoms with van der Waals surface area (Å²) in [6.07, 6.45) is 1.81. The Labute approximate surface area is 116 Å². The zero-order valence-electron chi connectivity index (χ0n) is 12.5. The quantitative estimate of drug-likeness (QED) is 0.825. The third kappa shape index (κ3) is 4.62. The molecule has 0 saturated heterocycles. The first-order valence-electron chi connectivity index (χ1n) is 6.70. The van der Waals surface area contributed by atoms with Gasteiger partial charge in [0.1, 0.15) is 5.82 Å². The second-order valence-electron chi connectivity index (χ2n) is 5.40. The Kier molecular flexibility index (Phi) is 5.55. The van der Waals surface area contributed by atoms with Crippen LogP contribution in [0.4, 0.5) is 0 Å².